The number of fused-ring (bicyclic) bond motifs is 1. The predicted molar refractivity (Wildman–Crippen MR) is 73.3 cm³/mol. The molecular weight excluding hydrogens is 292 g/mol. The number of hydrogen-bond acceptors (Lipinski definition) is 3. The first-order chi connectivity index (χ1) is 8.72. The zero-order valence-corrected chi connectivity index (χ0v) is 11.8. The SMILES string of the molecule is Cc1cc(CNC2CCc3cc(Br)ccc32)no1. The van der Waals surface area contributed by atoms with Crippen LogP contribution in [0.2, 0.25) is 0 Å². The molecule has 0 spiro atoms. The molecule has 1 atom stereocenters. The molecule has 0 bridgehead atoms. The van der Waals surface area contributed by atoms with Crippen LogP contribution >= 0.6 is 15.9 Å². The van der Waals surface area contributed by atoms with E-state index in [9.17, 15) is 0 Å². The molecule has 3 rings (SSSR count). The van der Waals surface area contributed by atoms with E-state index in [0.29, 0.717) is 6.04 Å². The molecule has 4 heteroatoms. The van der Waals surface area contributed by atoms with Crippen molar-refractivity contribution in [2.75, 3.05) is 0 Å². The fourth-order valence-corrected chi connectivity index (χ4v) is 2.94. The first-order valence-corrected chi connectivity index (χ1v) is 6.95. The fourth-order valence-electron chi connectivity index (χ4n) is 2.53. The van der Waals surface area contributed by atoms with Crippen molar-refractivity contribution in [1.29, 1.82) is 0 Å². The molecular formula is C14H15BrN2O. The van der Waals surface area contributed by atoms with Crippen LogP contribution in [0.3, 0.4) is 0 Å². The minimum Gasteiger partial charge on any atom is -0.361 e. The third kappa shape index (κ3) is 2.35. The number of nitrogens with zero attached hydrogens (tertiary/aromatic N) is 1. The van der Waals surface area contributed by atoms with Crippen molar-refractivity contribution in [1.82, 2.24) is 10.5 Å². The average molecular weight is 307 g/mol. The van der Waals surface area contributed by atoms with Crippen LogP contribution in [0, 0.1) is 6.92 Å². The molecule has 1 aliphatic rings. The van der Waals surface area contributed by atoms with E-state index in [1.807, 2.05) is 13.0 Å². The van der Waals surface area contributed by atoms with Crippen LogP contribution in [0.25, 0.3) is 0 Å². The van der Waals surface area contributed by atoms with E-state index in [4.69, 9.17) is 4.52 Å². The van der Waals surface area contributed by atoms with Gasteiger partial charge in [0.25, 0.3) is 0 Å². The van der Waals surface area contributed by atoms with Crippen LogP contribution in [0.15, 0.2) is 33.3 Å². The van der Waals surface area contributed by atoms with Gasteiger partial charge in [-0.15, -0.1) is 0 Å². The molecule has 1 aromatic carbocycles. The minimum atomic E-state index is 0.435. The summed E-state index contributed by atoms with van der Waals surface area (Å²) in [5.41, 5.74) is 3.83. The van der Waals surface area contributed by atoms with Gasteiger partial charge in [-0.2, -0.15) is 0 Å². The molecule has 1 aliphatic carbocycles. The standard InChI is InChI=1S/C14H15BrN2O/c1-9-6-12(17-18-9)8-16-14-5-2-10-7-11(15)3-4-13(10)14/h3-4,6-7,14,16H,2,5,8H2,1H3. The van der Waals surface area contributed by atoms with Gasteiger partial charge in [0.15, 0.2) is 0 Å². The number of nitrogens with one attached hydrogen (secondary N) is 1. The number of hydrogen-bond donors (Lipinski definition) is 1. The lowest BCUT2D eigenvalue weighted by Crippen LogP contribution is -2.18. The van der Waals surface area contributed by atoms with E-state index in [1.54, 1.807) is 0 Å². The van der Waals surface area contributed by atoms with Crippen LogP contribution in [-0.4, -0.2) is 5.16 Å². The van der Waals surface area contributed by atoms with Crippen molar-refractivity contribution in [2.45, 2.75) is 32.4 Å². The van der Waals surface area contributed by atoms with Gasteiger partial charge in [-0.05, 0) is 43.0 Å². The smallest absolute Gasteiger partial charge is 0.133 e. The molecule has 0 saturated carbocycles. The first-order valence-electron chi connectivity index (χ1n) is 6.16. The Hall–Kier alpha value is -1.13. The zero-order chi connectivity index (χ0) is 12.5. The molecule has 94 valence electrons. The Morgan fingerprint density at radius 3 is 3.11 bits per heavy atom. The Kier molecular flexibility index (Phi) is 3.22. The highest BCUT2D eigenvalue weighted by molar-refractivity contribution is 9.10. The number of rotatable bonds is 3. The number of halogens is 1. The van der Waals surface area contributed by atoms with E-state index < -0.39 is 0 Å². The van der Waals surface area contributed by atoms with Crippen LogP contribution < -0.4 is 5.32 Å². The van der Waals surface area contributed by atoms with Gasteiger partial charge in [0.1, 0.15) is 5.76 Å². The Bertz CT molecular complexity index is 565. The summed E-state index contributed by atoms with van der Waals surface area (Å²) in [7, 11) is 0. The summed E-state index contributed by atoms with van der Waals surface area (Å²) in [5, 5.41) is 7.55. The van der Waals surface area contributed by atoms with E-state index in [0.717, 1.165) is 35.3 Å². The molecule has 0 aliphatic heterocycles. The highest BCUT2D eigenvalue weighted by atomic mass is 79.9. The van der Waals surface area contributed by atoms with Gasteiger partial charge in [0.2, 0.25) is 0 Å². The van der Waals surface area contributed by atoms with Gasteiger partial charge >= 0.3 is 0 Å². The largest absolute Gasteiger partial charge is 0.361 e. The minimum absolute atomic E-state index is 0.435. The predicted octanol–water partition coefficient (Wildman–Crippen LogP) is 3.52. The van der Waals surface area contributed by atoms with E-state index >= 15 is 0 Å². The van der Waals surface area contributed by atoms with Crippen molar-refractivity contribution in [3.63, 3.8) is 0 Å². The van der Waals surface area contributed by atoms with Gasteiger partial charge in [-0.25, -0.2) is 0 Å². The number of aryl methyl sites for hydroxylation is 2. The van der Waals surface area contributed by atoms with Crippen molar-refractivity contribution >= 4 is 15.9 Å². The topological polar surface area (TPSA) is 38.1 Å². The monoisotopic (exact) mass is 306 g/mol. The maximum absolute atomic E-state index is 5.07. The molecule has 0 amide bonds. The molecule has 1 heterocycles. The number of aromatic nitrogens is 1. The Morgan fingerprint density at radius 1 is 1.44 bits per heavy atom. The quantitative estimate of drug-likeness (QED) is 0.943. The average Bonchev–Trinajstić information content (AvgIpc) is 2.92. The molecule has 18 heavy (non-hydrogen) atoms. The van der Waals surface area contributed by atoms with Crippen molar-refractivity contribution < 1.29 is 4.52 Å². The molecule has 1 unspecified atom stereocenters. The highest BCUT2D eigenvalue weighted by Gasteiger charge is 2.22. The third-order valence-electron chi connectivity index (χ3n) is 3.39. The molecule has 1 aromatic heterocycles. The van der Waals surface area contributed by atoms with Gasteiger partial charge in [-0.1, -0.05) is 27.2 Å². The van der Waals surface area contributed by atoms with Gasteiger partial charge < -0.3 is 9.84 Å². The summed E-state index contributed by atoms with van der Waals surface area (Å²) >= 11 is 3.52. The van der Waals surface area contributed by atoms with Crippen LogP contribution in [0.5, 0.6) is 0 Å². The summed E-state index contributed by atoms with van der Waals surface area (Å²) in [6, 6.07) is 8.95. The maximum atomic E-state index is 5.07. The molecule has 3 nitrogen and oxygen atoms in total. The molecule has 0 radical (unpaired) electrons. The second kappa shape index (κ2) is 4.86. The van der Waals surface area contributed by atoms with Crippen molar-refractivity contribution in [3.8, 4) is 0 Å². The second-order valence-electron chi connectivity index (χ2n) is 4.74. The lowest BCUT2D eigenvalue weighted by Gasteiger charge is -2.12. The summed E-state index contributed by atoms with van der Waals surface area (Å²) in [4.78, 5) is 0. The second-order valence-corrected chi connectivity index (χ2v) is 5.66. The summed E-state index contributed by atoms with van der Waals surface area (Å²) in [6.07, 6.45) is 2.30. The summed E-state index contributed by atoms with van der Waals surface area (Å²) in [6.45, 7) is 2.68. The Morgan fingerprint density at radius 2 is 2.33 bits per heavy atom. The lowest BCUT2D eigenvalue weighted by molar-refractivity contribution is 0.385. The van der Waals surface area contributed by atoms with E-state index in [1.165, 1.54) is 11.1 Å². The van der Waals surface area contributed by atoms with Gasteiger partial charge in [0.05, 0.1) is 5.69 Å². The molecule has 0 saturated heterocycles. The molecule has 1 N–H and O–H groups in total. The van der Waals surface area contributed by atoms with Crippen molar-refractivity contribution in [3.05, 3.63) is 51.3 Å². The number of benzene rings is 1. The molecule has 2 aromatic rings. The van der Waals surface area contributed by atoms with Crippen LogP contribution in [-0.2, 0) is 13.0 Å². The van der Waals surface area contributed by atoms with E-state index in [2.05, 4.69) is 44.6 Å². The van der Waals surface area contributed by atoms with Crippen LogP contribution in [0.1, 0.15) is 35.0 Å². The Balaban J connectivity index is 1.69. The van der Waals surface area contributed by atoms with Crippen LogP contribution in [0.4, 0.5) is 0 Å². The van der Waals surface area contributed by atoms with E-state index in [-0.39, 0.29) is 0 Å². The third-order valence-corrected chi connectivity index (χ3v) is 3.88. The maximum Gasteiger partial charge on any atom is 0.133 e. The Labute approximate surface area is 115 Å². The normalized spacial score (nSPS) is 18.0. The molecule has 0 fully saturated rings. The fraction of sp³-hybridized carbons (Fsp3) is 0.357. The first kappa shape index (κ1) is 11.9. The van der Waals surface area contributed by atoms with Crippen molar-refractivity contribution in [2.24, 2.45) is 0 Å². The summed E-state index contributed by atoms with van der Waals surface area (Å²) < 4.78 is 6.23. The lowest BCUT2D eigenvalue weighted by atomic mass is 10.1. The zero-order valence-electron chi connectivity index (χ0n) is 10.2. The summed E-state index contributed by atoms with van der Waals surface area (Å²) in [5.74, 6) is 0.863. The van der Waals surface area contributed by atoms with Gasteiger partial charge in [0, 0.05) is 23.1 Å². The van der Waals surface area contributed by atoms with Gasteiger partial charge in [-0.3, -0.25) is 0 Å². The highest BCUT2D eigenvalue weighted by Crippen LogP contribution is 2.33.